The van der Waals surface area contributed by atoms with Gasteiger partial charge in [-0.15, -0.1) is 0 Å². The minimum absolute atomic E-state index is 0.507. The zero-order valence-electron chi connectivity index (χ0n) is 7.90. The second-order valence-corrected chi connectivity index (χ2v) is 4.17. The number of hydrogen-bond donors (Lipinski definition) is 1. The molecule has 1 unspecified atom stereocenters. The highest BCUT2D eigenvalue weighted by atomic mass is 16.3. The number of pyridine rings is 1. The summed E-state index contributed by atoms with van der Waals surface area (Å²) in [5.74, 6) is 0.507. The number of aromatic nitrogens is 1. The standard InChI is InChI=1S/C11H15NO/c1-11(13,10-4-5-10)7-9-3-2-6-12-8-9/h2-3,6,8,10,13H,4-5,7H2,1H3. The Labute approximate surface area is 78.6 Å². The van der Waals surface area contributed by atoms with Gasteiger partial charge in [-0.3, -0.25) is 4.98 Å². The fourth-order valence-electron chi connectivity index (χ4n) is 1.77. The first-order chi connectivity index (χ1) is 6.18. The van der Waals surface area contributed by atoms with Crippen molar-refractivity contribution < 1.29 is 5.11 Å². The second-order valence-electron chi connectivity index (χ2n) is 4.17. The van der Waals surface area contributed by atoms with Gasteiger partial charge in [-0.2, -0.15) is 0 Å². The van der Waals surface area contributed by atoms with E-state index in [9.17, 15) is 5.11 Å². The largest absolute Gasteiger partial charge is 0.390 e. The highest BCUT2D eigenvalue weighted by molar-refractivity contribution is 5.13. The smallest absolute Gasteiger partial charge is 0.0688 e. The number of rotatable bonds is 3. The third-order valence-electron chi connectivity index (χ3n) is 2.74. The quantitative estimate of drug-likeness (QED) is 0.763. The van der Waals surface area contributed by atoms with Crippen LogP contribution in [0.5, 0.6) is 0 Å². The van der Waals surface area contributed by atoms with Crippen molar-refractivity contribution in [2.45, 2.75) is 31.8 Å². The molecular formula is C11H15NO. The Kier molecular flexibility index (Phi) is 2.08. The molecule has 1 heterocycles. The molecule has 0 amide bonds. The summed E-state index contributed by atoms with van der Waals surface area (Å²) in [5.41, 5.74) is 0.600. The average molecular weight is 177 g/mol. The summed E-state index contributed by atoms with van der Waals surface area (Å²) >= 11 is 0. The normalized spacial score (nSPS) is 21.1. The molecule has 70 valence electrons. The van der Waals surface area contributed by atoms with Crippen LogP contribution < -0.4 is 0 Å². The molecule has 1 aliphatic rings. The summed E-state index contributed by atoms with van der Waals surface area (Å²) in [5, 5.41) is 10.1. The Morgan fingerprint density at radius 3 is 2.92 bits per heavy atom. The van der Waals surface area contributed by atoms with Crippen LogP contribution >= 0.6 is 0 Å². The van der Waals surface area contributed by atoms with Gasteiger partial charge in [0.2, 0.25) is 0 Å². The van der Waals surface area contributed by atoms with Crippen LogP contribution in [0, 0.1) is 5.92 Å². The van der Waals surface area contributed by atoms with Gasteiger partial charge in [-0.1, -0.05) is 6.07 Å². The summed E-state index contributed by atoms with van der Waals surface area (Å²) in [6.45, 7) is 1.93. The predicted molar refractivity (Wildman–Crippen MR) is 51.3 cm³/mol. The third kappa shape index (κ3) is 2.07. The lowest BCUT2D eigenvalue weighted by atomic mass is 9.93. The van der Waals surface area contributed by atoms with Crippen LogP contribution in [0.15, 0.2) is 24.5 Å². The van der Waals surface area contributed by atoms with Gasteiger partial charge in [-0.05, 0) is 37.3 Å². The molecule has 2 heteroatoms. The van der Waals surface area contributed by atoms with Crippen LogP contribution in [0.3, 0.4) is 0 Å². The summed E-state index contributed by atoms with van der Waals surface area (Å²) in [7, 11) is 0. The molecule has 1 atom stereocenters. The highest BCUT2D eigenvalue weighted by Crippen LogP contribution is 2.40. The fourth-order valence-corrected chi connectivity index (χ4v) is 1.77. The molecule has 1 aromatic heterocycles. The van der Waals surface area contributed by atoms with Gasteiger partial charge in [0.25, 0.3) is 0 Å². The predicted octanol–water partition coefficient (Wildman–Crippen LogP) is 1.79. The monoisotopic (exact) mass is 177 g/mol. The molecule has 0 aliphatic heterocycles. The van der Waals surface area contributed by atoms with Crippen molar-refractivity contribution >= 4 is 0 Å². The minimum Gasteiger partial charge on any atom is -0.390 e. The molecule has 1 aliphatic carbocycles. The van der Waals surface area contributed by atoms with Gasteiger partial charge in [0.05, 0.1) is 5.60 Å². The van der Waals surface area contributed by atoms with Gasteiger partial charge in [0, 0.05) is 18.8 Å². The van der Waals surface area contributed by atoms with Crippen LogP contribution in [-0.2, 0) is 6.42 Å². The van der Waals surface area contributed by atoms with E-state index in [2.05, 4.69) is 4.98 Å². The van der Waals surface area contributed by atoms with Gasteiger partial charge in [-0.25, -0.2) is 0 Å². The van der Waals surface area contributed by atoms with Crippen molar-refractivity contribution in [3.8, 4) is 0 Å². The lowest BCUT2D eigenvalue weighted by Crippen LogP contribution is -2.29. The first-order valence-corrected chi connectivity index (χ1v) is 4.80. The summed E-state index contributed by atoms with van der Waals surface area (Å²) in [6.07, 6.45) is 6.66. The SMILES string of the molecule is CC(O)(Cc1cccnc1)C1CC1. The molecular weight excluding hydrogens is 162 g/mol. The summed E-state index contributed by atoms with van der Waals surface area (Å²) < 4.78 is 0. The number of nitrogens with zero attached hydrogens (tertiary/aromatic N) is 1. The van der Waals surface area contributed by atoms with E-state index in [4.69, 9.17) is 0 Å². The van der Waals surface area contributed by atoms with Crippen molar-refractivity contribution in [1.82, 2.24) is 4.98 Å². The van der Waals surface area contributed by atoms with Crippen molar-refractivity contribution in [3.63, 3.8) is 0 Å². The zero-order chi connectivity index (χ0) is 9.31. The molecule has 2 nitrogen and oxygen atoms in total. The van der Waals surface area contributed by atoms with Gasteiger partial charge >= 0.3 is 0 Å². The lowest BCUT2D eigenvalue weighted by Gasteiger charge is -2.22. The maximum Gasteiger partial charge on any atom is 0.0688 e. The van der Waals surface area contributed by atoms with Crippen molar-refractivity contribution in [1.29, 1.82) is 0 Å². The van der Waals surface area contributed by atoms with E-state index in [1.165, 1.54) is 12.8 Å². The number of aliphatic hydroxyl groups is 1. The van der Waals surface area contributed by atoms with Gasteiger partial charge < -0.3 is 5.11 Å². The van der Waals surface area contributed by atoms with E-state index in [1.54, 1.807) is 6.20 Å². The van der Waals surface area contributed by atoms with E-state index in [0.29, 0.717) is 5.92 Å². The summed E-state index contributed by atoms with van der Waals surface area (Å²) in [4.78, 5) is 4.04. The van der Waals surface area contributed by atoms with E-state index in [0.717, 1.165) is 12.0 Å². The van der Waals surface area contributed by atoms with Gasteiger partial charge in [0.1, 0.15) is 0 Å². The molecule has 0 saturated heterocycles. The van der Waals surface area contributed by atoms with Gasteiger partial charge in [0.15, 0.2) is 0 Å². The molecule has 1 saturated carbocycles. The van der Waals surface area contributed by atoms with Crippen LogP contribution in [0.1, 0.15) is 25.3 Å². The van der Waals surface area contributed by atoms with E-state index in [-0.39, 0.29) is 0 Å². The van der Waals surface area contributed by atoms with E-state index in [1.807, 2.05) is 25.3 Å². The molecule has 13 heavy (non-hydrogen) atoms. The first-order valence-electron chi connectivity index (χ1n) is 4.80. The van der Waals surface area contributed by atoms with Crippen LogP contribution in [0.2, 0.25) is 0 Å². The molecule has 1 fully saturated rings. The Hall–Kier alpha value is -0.890. The van der Waals surface area contributed by atoms with Crippen LogP contribution in [0.4, 0.5) is 0 Å². The van der Waals surface area contributed by atoms with E-state index < -0.39 is 5.60 Å². The molecule has 0 radical (unpaired) electrons. The maximum absolute atomic E-state index is 10.1. The Morgan fingerprint density at radius 1 is 1.62 bits per heavy atom. The second kappa shape index (κ2) is 3.11. The Morgan fingerprint density at radius 2 is 2.38 bits per heavy atom. The van der Waals surface area contributed by atoms with Crippen molar-refractivity contribution in [2.75, 3.05) is 0 Å². The fraction of sp³-hybridized carbons (Fsp3) is 0.545. The number of hydrogen-bond acceptors (Lipinski definition) is 2. The van der Waals surface area contributed by atoms with E-state index >= 15 is 0 Å². The molecule has 2 rings (SSSR count). The Bertz CT molecular complexity index is 277. The van der Waals surface area contributed by atoms with Crippen LogP contribution in [-0.4, -0.2) is 15.7 Å². The summed E-state index contributed by atoms with van der Waals surface area (Å²) in [6, 6.07) is 3.93. The first kappa shape index (κ1) is 8.70. The molecule has 1 N–H and O–H groups in total. The van der Waals surface area contributed by atoms with Crippen molar-refractivity contribution in [3.05, 3.63) is 30.1 Å². The third-order valence-corrected chi connectivity index (χ3v) is 2.74. The van der Waals surface area contributed by atoms with Crippen LogP contribution in [0.25, 0.3) is 0 Å². The average Bonchev–Trinajstić information content (AvgIpc) is 2.87. The molecule has 0 spiro atoms. The molecule has 0 aromatic carbocycles. The minimum atomic E-state index is -0.525. The maximum atomic E-state index is 10.1. The highest BCUT2D eigenvalue weighted by Gasteiger charge is 2.39. The molecule has 0 bridgehead atoms. The topological polar surface area (TPSA) is 33.1 Å². The lowest BCUT2D eigenvalue weighted by molar-refractivity contribution is 0.0371. The molecule has 1 aromatic rings. The Balaban J connectivity index is 2.04. The zero-order valence-corrected chi connectivity index (χ0v) is 7.90. The van der Waals surface area contributed by atoms with Crippen molar-refractivity contribution in [2.24, 2.45) is 5.92 Å².